The summed E-state index contributed by atoms with van der Waals surface area (Å²) in [6.45, 7) is 1.60. The Kier molecular flexibility index (Phi) is 5.33. The Morgan fingerprint density at radius 1 is 1.31 bits per heavy atom. The van der Waals surface area contributed by atoms with Crippen molar-refractivity contribution < 1.29 is 53.6 Å². The Morgan fingerprint density at radius 3 is 2.66 bits per heavy atom. The Bertz CT molecular complexity index is 1110. The maximum atomic E-state index is 13.1. The van der Waals surface area contributed by atoms with E-state index < -0.39 is 40.3 Å². The molecule has 3 heterocycles. The molecule has 0 aromatic heterocycles. The number of carboxylic acids is 1. The first-order chi connectivity index (χ1) is 13.4. The summed E-state index contributed by atoms with van der Waals surface area (Å²) in [5, 5.41) is 23.0. The van der Waals surface area contributed by atoms with E-state index in [4.69, 9.17) is 0 Å². The second kappa shape index (κ2) is 7.40. The maximum Gasteiger partial charge on any atom is 1.00 e. The molecule has 1 fully saturated rings. The van der Waals surface area contributed by atoms with Crippen molar-refractivity contribution in [1.29, 1.82) is 0 Å². The summed E-state index contributed by atoms with van der Waals surface area (Å²) in [5.74, 6) is -2.51. The summed E-state index contributed by atoms with van der Waals surface area (Å²) in [6, 6.07) is 11.3. The Hall–Kier alpha value is -1.36. The molecule has 29 heavy (non-hydrogen) atoms. The molecule has 0 bridgehead atoms. The van der Waals surface area contributed by atoms with E-state index in [1.54, 1.807) is 10.4 Å². The molecule has 3 aliphatic rings. The van der Waals surface area contributed by atoms with E-state index in [1.807, 2.05) is 30.3 Å². The number of β-lactam (4-membered cyclic amide) rings is 1. The molecule has 4 unspecified atom stereocenters. The second-order valence-electron chi connectivity index (χ2n) is 6.96. The number of amides is 1. The predicted octanol–water partition coefficient (Wildman–Crippen LogP) is -2.44. The topological polar surface area (TPSA) is 101 Å². The van der Waals surface area contributed by atoms with Crippen LogP contribution in [0.1, 0.15) is 6.92 Å². The number of rotatable bonds is 4. The fraction of sp³-hybridized carbons (Fsp3) is 0.263. The fourth-order valence-electron chi connectivity index (χ4n) is 4.08. The molecule has 144 valence electrons. The third-order valence-electron chi connectivity index (χ3n) is 5.35. The van der Waals surface area contributed by atoms with Crippen molar-refractivity contribution in [1.82, 2.24) is 4.90 Å². The molecule has 10 heteroatoms. The first-order valence-corrected chi connectivity index (χ1v) is 10.7. The average Bonchev–Trinajstić information content (AvgIpc) is 3.11. The van der Waals surface area contributed by atoms with Crippen LogP contribution in [0.2, 0.25) is 0 Å². The van der Waals surface area contributed by atoms with Gasteiger partial charge in [0.1, 0.15) is 5.37 Å². The first kappa shape index (κ1) is 20.9. The van der Waals surface area contributed by atoms with Crippen LogP contribution in [0, 0.1) is 5.92 Å². The molecule has 5 rings (SSSR count). The molecule has 1 saturated heterocycles. The molecule has 1 amide bonds. The third kappa shape index (κ3) is 2.90. The van der Waals surface area contributed by atoms with E-state index in [-0.39, 0.29) is 41.8 Å². The number of hydrogen-bond acceptors (Lipinski definition) is 6. The number of nitrogens with zero attached hydrogens (tertiary/aromatic N) is 2. The van der Waals surface area contributed by atoms with Crippen molar-refractivity contribution in [3.05, 3.63) is 47.0 Å². The van der Waals surface area contributed by atoms with Crippen molar-refractivity contribution in [2.24, 2.45) is 5.92 Å². The van der Waals surface area contributed by atoms with Gasteiger partial charge in [-0.3, -0.25) is 14.0 Å². The van der Waals surface area contributed by atoms with Crippen LogP contribution in [-0.4, -0.2) is 44.1 Å². The minimum absolute atomic E-state index is 0. The van der Waals surface area contributed by atoms with Crippen LogP contribution >= 0.6 is 11.8 Å². The summed E-state index contributed by atoms with van der Waals surface area (Å²) < 4.78 is 14.7. The summed E-state index contributed by atoms with van der Waals surface area (Å²) in [7, 11) is -1.48. The number of carbonyl (C=O) groups excluding carboxylic acids is 2. The molecule has 1 N–H and O–H groups in total. The number of carbonyl (C=O) groups is 2. The van der Waals surface area contributed by atoms with Gasteiger partial charge >= 0.3 is 29.6 Å². The van der Waals surface area contributed by atoms with Gasteiger partial charge in [-0.2, -0.15) is 0 Å². The molecule has 0 radical (unpaired) electrons. The van der Waals surface area contributed by atoms with Crippen molar-refractivity contribution in [2.45, 2.75) is 23.3 Å². The van der Waals surface area contributed by atoms with Gasteiger partial charge in [0, 0.05) is 10.3 Å². The molecule has 4 atom stereocenters. The van der Waals surface area contributed by atoms with Crippen molar-refractivity contribution >= 4 is 51.1 Å². The number of benzene rings is 2. The Labute approximate surface area is 195 Å². The average molecular weight is 438 g/mol. The van der Waals surface area contributed by atoms with Crippen LogP contribution in [-0.2, 0) is 20.6 Å². The van der Waals surface area contributed by atoms with Crippen LogP contribution in [0.4, 0.5) is 5.69 Å². The normalized spacial score (nSPS) is 25.7. The number of hydrogen-bond donors (Lipinski definition) is 1. The zero-order valence-electron chi connectivity index (χ0n) is 15.7. The van der Waals surface area contributed by atoms with Crippen LogP contribution in [0.3, 0.4) is 0 Å². The van der Waals surface area contributed by atoms with E-state index in [1.165, 1.54) is 23.6 Å². The monoisotopic (exact) mass is 438 g/mol. The molecule has 3 aliphatic heterocycles. The first-order valence-electron chi connectivity index (χ1n) is 8.73. The summed E-state index contributed by atoms with van der Waals surface area (Å²) in [5.41, 5.74) is 0.585. The molecular formula is C19H15N2NaO5S2. The summed E-state index contributed by atoms with van der Waals surface area (Å²) >= 11 is 1.22. The third-order valence-corrected chi connectivity index (χ3v) is 8.15. The number of aliphatic hydroxyl groups is 1. The van der Waals surface area contributed by atoms with Gasteiger partial charge in [0.05, 0.1) is 40.8 Å². The van der Waals surface area contributed by atoms with Gasteiger partial charge in [-0.25, -0.2) is 4.21 Å². The van der Waals surface area contributed by atoms with Crippen LogP contribution in [0.25, 0.3) is 10.8 Å². The van der Waals surface area contributed by atoms with Gasteiger partial charge in [0.15, 0.2) is 11.0 Å². The minimum Gasteiger partial charge on any atom is -0.543 e. The van der Waals surface area contributed by atoms with E-state index >= 15 is 0 Å². The van der Waals surface area contributed by atoms with Gasteiger partial charge in [-0.05, 0) is 24.4 Å². The van der Waals surface area contributed by atoms with Gasteiger partial charge in [0.2, 0.25) is 5.91 Å². The molecule has 2 aromatic rings. The predicted molar refractivity (Wildman–Crippen MR) is 103 cm³/mol. The SMILES string of the molecule is CC(O)C1C(=O)N2C(C(=O)[O-])=C(CN3c4cccc5cccc(c45)S3=O)SC12.[Na+]. The van der Waals surface area contributed by atoms with Crippen molar-refractivity contribution in [3.8, 4) is 0 Å². The molecule has 0 spiro atoms. The number of aliphatic hydroxyl groups excluding tert-OH is 1. The molecular weight excluding hydrogens is 423 g/mol. The number of fused-ring (bicyclic) bond motifs is 1. The van der Waals surface area contributed by atoms with E-state index in [0.717, 1.165) is 16.5 Å². The van der Waals surface area contributed by atoms with Gasteiger partial charge in [-0.1, -0.05) is 36.0 Å². The van der Waals surface area contributed by atoms with Crippen molar-refractivity contribution in [2.75, 3.05) is 10.8 Å². The molecule has 0 aliphatic carbocycles. The molecule has 0 saturated carbocycles. The maximum absolute atomic E-state index is 13.1. The minimum atomic E-state index is -1.48. The second-order valence-corrected chi connectivity index (χ2v) is 9.55. The number of carboxylic acid groups (broad SMARTS) is 1. The quantitative estimate of drug-likeness (QED) is 0.421. The smallest absolute Gasteiger partial charge is 0.543 e. The fourth-order valence-corrected chi connectivity index (χ4v) is 7.16. The van der Waals surface area contributed by atoms with Gasteiger partial charge < -0.3 is 15.0 Å². The summed E-state index contributed by atoms with van der Waals surface area (Å²) in [4.78, 5) is 26.4. The zero-order valence-corrected chi connectivity index (χ0v) is 19.3. The van der Waals surface area contributed by atoms with Gasteiger partial charge in [0.25, 0.3) is 0 Å². The Balaban J connectivity index is 0.00000205. The number of thioether (sulfide) groups is 1. The van der Waals surface area contributed by atoms with Crippen molar-refractivity contribution in [3.63, 3.8) is 0 Å². The summed E-state index contributed by atoms with van der Waals surface area (Å²) in [6.07, 6.45) is -0.873. The van der Waals surface area contributed by atoms with Crippen LogP contribution < -0.4 is 39.0 Å². The molecule has 2 aromatic carbocycles. The Morgan fingerprint density at radius 2 is 2.00 bits per heavy atom. The van der Waals surface area contributed by atoms with Gasteiger partial charge in [-0.15, -0.1) is 0 Å². The largest absolute Gasteiger partial charge is 1.00 e. The molecule has 7 nitrogen and oxygen atoms in total. The van der Waals surface area contributed by atoms with Crippen LogP contribution in [0.5, 0.6) is 0 Å². The van der Waals surface area contributed by atoms with E-state index in [0.29, 0.717) is 9.80 Å². The number of anilines is 1. The standard InChI is InChI=1S/C19H16N2O5S2.Na/c1-9(22)14-17(23)21-16(19(24)25)12(27-18(14)21)8-20-11-6-2-4-10-5-3-7-13(15(10)11)28(20)26;/h2-7,9,14,18,22H,8H2,1H3,(H,24,25);/q;+1/p-1. The number of aliphatic carboxylic acids is 1. The zero-order chi connectivity index (χ0) is 19.7. The van der Waals surface area contributed by atoms with E-state index in [2.05, 4.69) is 0 Å². The van der Waals surface area contributed by atoms with E-state index in [9.17, 15) is 24.0 Å². The van der Waals surface area contributed by atoms with Crippen LogP contribution in [0.15, 0.2) is 51.9 Å².